The number of likely N-dealkylation sites (tertiary alicyclic amines) is 1. The molecule has 2 aliphatic rings. The highest BCUT2D eigenvalue weighted by molar-refractivity contribution is 5.44. The summed E-state index contributed by atoms with van der Waals surface area (Å²) in [5.74, 6) is 3.06. The van der Waals surface area contributed by atoms with Crippen molar-refractivity contribution < 1.29 is 14.6 Å². The van der Waals surface area contributed by atoms with Gasteiger partial charge in [0.1, 0.15) is 24.2 Å². The quantitative estimate of drug-likeness (QED) is 0.932. The third-order valence-corrected chi connectivity index (χ3v) is 4.68. The van der Waals surface area contributed by atoms with E-state index in [1.807, 2.05) is 25.1 Å². The van der Waals surface area contributed by atoms with Crippen molar-refractivity contribution in [2.75, 3.05) is 26.3 Å². The Labute approximate surface area is 133 Å². The molecule has 122 valence electrons. The van der Waals surface area contributed by atoms with Crippen molar-refractivity contribution in [3.05, 3.63) is 23.8 Å². The number of rotatable bonds is 3. The first-order valence-corrected chi connectivity index (χ1v) is 8.40. The van der Waals surface area contributed by atoms with E-state index in [1.165, 1.54) is 6.42 Å². The summed E-state index contributed by atoms with van der Waals surface area (Å²) in [5.41, 5.74) is 1.06. The summed E-state index contributed by atoms with van der Waals surface area (Å²) in [6.45, 7) is 9.65. The lowest BCUT2D eigenvalue weighted by molar-refractivity contribution is -0.0231. The molecule has 0 amide bonds. The summed E-state index contributed by atoms with van der Waals surface area (Å²) in [4.78, 5) is 2.43. The lowest BCUT2D eigenvalue weighted by Crippen LogP contribution is -2.48. The van der Waals surface area contributed by atoms with E-state index in [0.29, 0.717) is 25.0 Å². The maximum atomic E-state index is 10.6. The highest BCUT2D eigenvalue weighted by Crippen LogP contribution is 2.40. The van der Waals surface area contributed by atoms with Crippen molar-refractivity contribution in [1.29, 1.82) is 0 Å². The minimum atomic E-state index is -0.484. The van der Waals surface area contributed by atoms with Gasteiger partial charge < -0.3 is 14.6 Å². The number of hydrogen-bond acceptors (Lipinski definition) is 4. The Hall–Kier alpha value is -1.26. The molecule has 1 aromatic rings. The van der Waals surface area contributed by atoms with Crippen LogP contribution in [0.4, 0.5) is 0 Å². The average Bonchev–Trinajstić information content (AvgIpc) is 2.46. The van der Waals surface area contributed by atoms with Gasteiger partial charge in [0.25, 0.3) is 0 Å². The number of ether oxygens (including phenoxy) is 2. The van der Waals surface area contributed by atoms with Crippen molar-refractivity contribution in [1.82, 2.24) is 4.90 Å². The van der Waals surface area contributed by atoms with Gasteiger partial charge in [0.2, 0.25) is 0 Å². The summed E-state index contributed by atoms with van der Waals surface area (Å²) in [7, 11) is 0. The third kappa shape index (κ3) is 3.08. The van der Waals surface area contributed by atoms with Gasteiger partial charge in [-0.25, -0.2) is 0 Å². The predicted molar refractivity (Wildman–Crippen MR) is 86.4 cm³/mol. The molecule has 0 spiro atoms. The van der Waals surface area contributed by atoms with Crippen LogP contribution in [-0.4, -0.2) is 42.4 Å². The SMILES string of the molecule is CCOc1ccc2c(c1)C(N1CC(C)CC(C)C1)C(O)CO2. The molecular weight excluding hydrogens is 278 g/mol. The summed E-state index contributed by atoms with van der Waals surface area (Å²) in [6, 6.07) is 5.96. The zero-order valence-electron chi connectivity index (χ0n) is 13.8. The van der Waals surface area contributed by atoms with Gasteiger partial charge in [-0.05, 0) is 43.4 Å². The van der Waals surface area contributed by atoms with Crippen LogP contribution in [0.1, 0.15) is 38.8 Å². The maximum Gasteiger partial charge on any atom is 0.124 e. The molecule has 3 rings (SSSR count). The second kappa shape index (κ2) is 6.47. The third-order valence-electron chi connectivity index (χ3n) is 4.68. The highest BCUT2D eigenvalue weighted by Gasteiger charge is 2.37. The number of benzene rings is 1. The molecule has 4 heteroatoms. The lowest BCUT2D eigenvalue weighted by Gasteiger charge is -2.44. The summed E-state index contributed by atoms with van der Waals surface area (Å²) in [5, 5.41) is 10.6. The molecule has 22 heavy (non-hydrogen) atoms. The van der Waals surface area contributed by atoms with E-state index < -0.39 is 6.10 Å². The van der Waals surface area contributed by atoms with Crippen LogP contribution in [0.2, 0.25) is 0 Å². The first-order chi connectivity index (χ1) is 10.6. The Balaban J connectivity index is 1.92. The number of hydrogen-bond donors (Lipinski definition) is 1. The molecule has 1 N–H and O–H groups in total. The molecule has 4 nitrogen and oxygen atoms in total. The Morgan fingerprint density at radius 2 is 2.00 bits per heavy atom. The molecule has 4 unspecified atom stereocenters. The molecule has 1 saturated heterocycles. The van der Waals surface area contributed by atoms with Crippen LogP contribution in [0, 0.1) is 11.8 Å². The zero-order chi connectivity index (χ0) is 15.7. The summed E-state index contributed by atoms with van der Waals surface area (Å²) in [6.07, 6.45) is 0.781. The lowest BCUT2D eigenvalue weighted by atomic mass is 9.87. The van der Waals surface area contributed by atoms with Crippen molar-refractivity contribution >= 4 is 0 Å². The number of aliphatic hydroxyl groups is 1. The molecule has 0 radical (unpaired) electrons. The van der Waals surface area contributed by atoms with Crippen molar-refractivity contribution in [3.8, 4) is 11.5 Å². The van der Waals surface area contributed by atoms with Crippen molar-refractivity contribution in [2.45, 2.75) is 39.3 Å². The van der Waals surface area contributed by atoms with Crippen LogP contribution in [0.15, 0.2) is 18.2 Å². The molecule has 4 atom stereocenters. The minimum Gasteiger partial charge on any atom is -0.494 e. The second-order valence-electron chi connectivity index (χ2n) is 6.86. The van der Waals surface area contributed by atoms with E-state index in [0.717, 1.165) is 30.2 Å². The molecule has 1 aromatic carbocycles. The van der Waals surface area contributed by atoms with Crippen molar-refractivity contribution in [3.63, 3.8) is 0 Å². The Bertz CT molecular complexity index is 509. The van der Waals surface area contributed by atoms with Crippen LogP contribution in [-0.2, 0) is 0 Å². The maximum absolute atomic E-state index is 10.6. The first kappa shape index (κ1) is 15.6. The number of piperidine rings is 1. The van der Waals surface area contributed by atoms with Crippen LogP contribution in [0.3, 0.4) is 0 Å². The molecule has 0 saturated carbocycles. The van der Waals surface area contributed by atoms with Crippen LogP contribution in [0.25, 0.3) is 0 Å². The van der Waals surface area contributed by atoms with Crippen LogP contribution < -0.4 is 9.47 Å². The minimum absolute atomic E-state index is 0.00866. The fraction of sp³-hybridized carbons (Fsp3) is 0.667. The molecule has 0 aliphatic carbocycles. The fourth-order valence-electron chi connectivity index (χ4n) is 4.00. The van der Waals surface area contributed by atoms with E-state index in [9.17, 15) is 5.11 Å². The van der Waals surface area contributed by atoms with Gasteiger partial charge in [-0.15, -0.1) is 0 Å². The van der Waals surface area contributed by atoms with Crippen molar-refractivity contribution in [2.24, 2.45) is 11.8 Å². The Morgan fingerprint density at radius 3 is 2.68 bits per heavy atom. The molecule has 2 heterocycles. The molecule has 1 fully saturated rings. The number of fused-ring (bicyclic) bond motifs is 1. The van der Waals surface area contributed by atoms with Gasteiger partial charge in [0, 0.05) is 18.7 Å². The summed E-state index contributed by atoms with van der Waals surface area (Å²) >= 11 is 0. The van der Waals surface area contributed by atoms with Gasteiger partial charge in [-0.2, -0.15) is 0 Å². The van der Waals surface area contributed by atoms with Crippen LogP contribution >= 0.6 is 0 Å². The highest BCUT2D eigenvalue weighted by atomic mass is 16.5. The topological polar surface area (TPSA) is 41.9 Å². The molecule has 2 aliphatic heterocycles. The fourth-order valence-corrected chi connectivity index (χ4v) is 4.00. The van der Waals surface area contributed by atoms with E-state index in [-0.39, 0.29) is 6.04 Å². The van der Waals surface area contributed by atoms with E-state index >= 15 is 0 Å². The molecular formula is C18H27NO3. The van der Waals surface area contributed by atoms with Gasteiger partial charge in [0.05, 0.1) is 12.6 Å². The van der Waals surface area contributed by atoms with Gasteiger partial charge in [-0.3, -0.25) is 4.90 Å². The second-order valence-corrected chi connectivity index (χ2v) is 6.86. The average molecular weight is 305 g/mol. The predicted octanol–water partition coefficient (Wildman–Crippen LogP) is 2.86. The van der Waals surface area contributed by atoms with Gasteiger partial charge in [-0.1, -0.05) is 13.8 Å². The largest absolute Gasteiger partial charge is 0.494 e. The van der Waals surface area contributed by atoms with Gasteiger partial charge in [0.15, 0.2) is 0 Å². The van der Waals surface area contributed by atoms with E-state index in [1.54, 1.807) is 0 Å². The smallest absolute Gasteiger partial charge is 0.124 e. The number of nitrogens with zero attached hydrogens (tertiary/aromatic N) is 1. The standard InChI is InChI=1S/C18H27NO3/c1-4-21-14-5-6-17-15(8-14)18(16(20)11-22-17)19-9-12(2)7-13(3)10-19/h5-6,8,12-13,16,18,20H,4,7,9-11H2,1-3H3. The number of aliphatic hydroxyl groups excluding tert-OH is 1. The molecule has 0 bridgehead atoms. The first-order valence-electron chi connectivity index (χ1n) is 8.40. The zero-order valence-corrected chi connectivity index (χ0v) is 13.8. The van der Waals surface area contributed by atoms with E-state index in [2.05, 4.69) is 18.7 Å². The Morgan fingerprint density at radius 1 is 1.27 bits per heavy atom. The van der Waals surface area contributed by atoms with Crippen LogP contribution in [0.5, 0.6) is 11.5 Å². The summed E-state index contributed by atoms with van der Waals surface area (Å²) < 4.78 is 11.3. The normalized spacial score (nSPS) is 32.2. The van der Waals surface area contributed by atoms with Gasteiger partial charge >= 0.3 is 0 Å². The molecule has 0 aromatic heterocycles. The Kier molecular flexibility index (Phi) is 4.59. The van der Waals surface area contributed by atoms with E-state index in [4.69, 9.17) is 9.47 Å². The monoisotopic (exact) mass is 305 g/mol.